The first kappa shape index (κ1) is 21.5. The zero-order valence-electron chi connectivity index (χ0n) is 19.1. The summed E-state index contributed by atoms with van der Waals surface area (Å²) < 4.78 is 2.17. The summed E-state index contributed by atoms with van der Waals surface area (Å²) in [5.74, 6) is 0.418. The van der Waals surface area contributed by atoms with Crippen LogP contribution in [0.1, 0.15) is 44.1 Å². The summed E-state index contributed by atoms with van der Waals surface area (Å²) in [6.07, 6.45) is 7.92. The number of nitrogens with zero attached hydrogens (tertiary/aromatic N) is 3. The molecular weight excluding hydrogens is 402 g/mol. The quantitative estimate of drug-likeness (QED) is 0.725. The lowest BCUT2D eigenvalue weighted by atomic mass is 10.0. The molecule has 0 saturated carbocycles. The van der Waals surface area contributed by atoms with Gasteiger partial charge in [0.1, 0.15) is 0 Å². The third-order valence-corrected chi connectivity index (χ3v) is 7.58. The van der Waals surface area contributed by atoms with Gasteiger partial charge in [-0.2, -0.15) is 0 Å². The van der Waals surface area contributed by atoms with E-state index in [1.54, 1.807) is 0 Å². The second kappa shape index (κ2) is 9.24. The van der Waals surface area contributed by atoms with Crippen molar-refractivity contribution in [3.8, 4) is 0 Å². The first-order valence-electron chi connectivity index (χ1n) is 12.2. The number of rotatable bonds is 6. The van der Waals surface area contributed by atoms with Gasteiger partial charge in [-0.3, -0.25) is 14.5 Å². The summed E-state index contributed by atoms with van der Waals surface area (Å²) in [6, 6.07) is 8.93. The van der Waals surface area contributed by atoms with E-state index in [1.165, 1.54) is 22.9 Å². The van der Waals surface area contributed by atoms with Crippen molar-refractivity contribution < 1.29 is 9.59 Å². The second-order valence-corrected chi connectivity index (χ2v) is 9.69. The van der Waals surface area contributed by atoms with E-state index < -0.39 is 0 Å². The number of nitrogens with one attached hydrogen (secondary N) is 2. The minimum absolute atomic E-state index is 0.0798. The topological polar surface area (TPSA) is 69.6 Å². The minimum Gasteiger partial charge on any atom is -0.353 e. The van der Waals surface area contributed by atoms with Gasteiger partial charge in [0.15, 0.2) is 0 Å². The van der Waals surface area contributed by atoms with Crippen LogP contribution in [-0.4, -0.2) is 70.5 Å². The Kier molecular flexibility index (Phi) is 6.20. The maximum Gasteiger partial charge on any atom is 0.237 e. The van der Waals surface area contributed by atoms with E-state index in [1.807, 2.05) is 4.90 Å². The first-order chi connectivity index (χ1) is 15.6. The number of aryl methyl sites for hydroxylation is 1. The van der Waals surface area contributed by atoms with Crippen LogP contribution in [0.4, 0.5) is 0 Å². The predicted molar refractivity (Wildman–Crippen MR) is 125 cm³/mol. The number of benzene rings is 1. The number of hydrogen-bond donors (Lipinski definition) is 2. The molecule has 3 aliphatic heterocycles. The van der Waals surface area contributed by atoms with Crippen molar-refractivity contribution in [2.24, 2.45) is 7.05 Å². The van der Waals surface area contributed by atoms with E-state index in [0.29, 0.717) is 13.0 Å². The smallest absolute Gasteiger partial charge is 0.237 e. The number of carbonyl (C=O) groups is 2. The molecule has 3 saturated heterocycles. The normalized spacial score (nSPS) is 26.3. The Morgan fingerprint density at radius 1 is 1.19 bits per heavy atom. The highest BCUT2D eigenvalue weighted by molar-refractivity contribution is 5.84. The lowest BCUT2D eigenvalue weighted by Crippen LogP contribution is -2.58. The summed E-state index contributed by atoms with van der Waals surface area (Å²) in [7, 11) is 2.09. The largest absolute Gasteiger partial charge is 0.353 e. The van der Waals surface area contributed by atoms with Gasteiger partial charge in [0.2, 0.25) is 11.8 Å². The zero-order valence-corrected chi connectivity index (χ0v) is 19.1. The van der Waals surface area contributed by atoms with Gasteiger partial charge in [-0.1, -0.05) is 18.2 Å². The van der Waals surface area contributed by atoms with Crippen LogP contribution in [0.2, 0.25) is 0 Å². The molecule has 0 bridgehead atoms. The highest BCUT2D eigenvalue weighted by Crippen LogP contribution is 2.27. The molecule has 2 N–H and O–H groups in total. The molecule has 32 heavy (non-hydrogen) atoms. The molecule has 0 unspecified atom stereocenters. The number of fused-ring (bicyclic) bond motifs is 2. The van der Waals surface area contributed by atoms with Crippen molar-refractivity contribution in [3.63, 3.8) is 0 Å². The van der Waals surface area contributed by atoms with Crippen molar-refractivity contribution in [1.29, 1.82) is 0 Å². The van der Waals surface area contributed by atoms with Crippen LogP contribution in [0, 0.1) is 0 Å². The highest BCUT2D eigenvalue weighted by atomic mass is 16.2. The number of hydrogen-bond acceptors (Lipinski definition) is 4. The number of carbonyl (C=O) groups excluding carboxylic acids is 2. The Hall–Kier alpha value is -2.38. The molecule has 7 heteroatoms. The molecule has 5 rings (SSSR count). The minimum atomic E-state index is -0.0798. The van der Waals surface area contributed by atoms with Gasteiger partial charge < -0.3 is 20.1 Å². The predicted octanol–water partition coefficient (Wildman–Crippen LogP) is 2.00. The summed E-state index contributed by atoms with van der Waals surface area (Å²) >= 11 is 0. The van der Waals surface area contributed by atoms with Crippen LogP contribution in [0.5, 0.6) is 0 Å². The molecule has 0 aliphatic carbocycles. The number of likely N-dealkylation sites (tertiary alicyclic amines) is 1. The van der Waals surface area contributed by atoms with Gasteiger partial charge in [0.25, 0.3) is 0 Å². The maximum absolute atomic E-state index is 12.6. The second-order valence-electron chi connectivity index (χ2n) is 9.69. The van der Waals surface area contributed by atoms with Crippen molar-refractivity contribution in [3.05, 3.63) is 36.0 Å². The molecule has 7 nitrogen and oxygen atoms in total. The van der Waals surface area contributed by atoms with Crippen LogP contribution >= 0.6 is 0 Å². The van der Waals surface area contributed by atoms with E-state index >= 15 is 0 Å². The average molecular weight is 438 g/mol. The fourth-order valence-electron chi connectivity index (χ4n) is 5.80. The average Bonchev–Trinajstić information content (AvgIpc) is 3.40. The Labute approximate surface area is 190 Å². The summed E-state index contributed by atoms with van der Waals surface area (Å²) in [6.45, 7) is 4.13. The number of para-hydroxylation sites is 1. The van der Waals surface area contributed by atoms with E-state index in [9.17, 15) is 9.59 Å². The lowest BCUT2D eigenvalue weighted by molar-refractivity contribution is -0.133. The number of aromatic nitrogens is 1. The maximum atomic E-state index is 12.6. The van der Waals surface area contributed by atoms with Crippen LogP contribution in [0.3, 0.4) is 0 Å². The fourth-order valence-corrected chi connectivity index (χ4v) is 5.80. The fraction of sp³-hybridized carbons (Fsp3) is 0.600. The Morgan fingerprint density at radius 3 is 2.84 bits per heavy atom. The molecule has 2 amide bonds. The van der Waals surface area contributed by atoms with Crippen molar-refractivity contribution in [2.75, 3.05) is 26.2 Å². The number of piperidine rings is 1. The molecule has 4 heterocycles. The summed E-state index contributed by atoms with van der Waals surface area (Å²) in [5.41, 5.74) is 2.53. The number of amides is 2. The van der Waals surface area contributed by atoms with Crippen molar-refractivity contribution in [1.82, 2.24) is 25.0 Å². The summed E-state index contributed by atoms with van der Waals surface area (Å²) in [4.78, 5) is 29.6. The van der Waals surface area contributed by atoms with Gasteiger partial charge in [0, 0.05) is 75.4 Å². The van der Waals surface area contributed by atoms with Gasteiger partial charge in [-0.25, -0.2) is 0 Å². The van der Waals surface area contributed by atoms with Crippen LogP contribution < -0.4 is 10.6 Å². The van der Waals surface area contributed by atoms with Crippen LogP contribution in [-0.2, 0) is 23.2 Å². The van der Waals surface area contributed by atoms with Gasteiger partial charge in [-0.05, 0) is 43.7 Å². The molecule has 3 aliphatic rings. The third-order valence-electron chi connectivity index (χ3n) is 7.58. The molecule has 2 aromatic rings. The van der Waals surface area contributed by atoms with E-state index in [2.05, 4.69) is 57.6 Å². The molecule has 3 atom stereocenters. The highest BCUT2D eigenvalue weighted by Gasteiger charge is 2.43. The Morgan fingerprint density at radius 2 is 2.00 bits per heavy atom. The Bertz CT molecular complexity index is 980. The molecular formula is C25H35N5O2. The van der Waals surface area contributed by atoms with Crippen LogP contribution in [0.15, 0.2) is 30.5 Å². The summed E-state index contributed by atoms with van der Waals surface area (Å²) in [5, 5.41) is 8.08. The molecule has 172 valence electrons. The molecule has 3 fully saturated rings. The zero-order chi connectivity index (χ0) is 22.1. The van der Waals surface area contributed by atoms with Crippen LogP contribution in [0.25, 0.3) is 10.9 Å². The molecule has 1 aromatic heterocycles. The van der Waals surface area contributed by atoms with Gasteiger partial charge in [-0.15, -0.1) is 0 Å². The Balaban J connectivity index is 1.18. The third kappa shape index (κ3) is 4.28. The van der Waals surface area contributed by atoms with Gasteiger partial charge in [0.05, 0.1) is 6.04 Å². The van der Waals surface area contributed by atoms with Gasteiger partial charge >= 0.3 is 0 Å². The first-order valence-corrected chi connectivity index (χ1v) is 12.2. The monoisotopic (exact) mass is 437 g/mol. The van der Waals surface area contributed by atoms with E-state index in [0.717, 1.165) is 51.9 Å². The number of piperazine rings is 1. The van der Waals surface area contributed by atoms with E-state index in [-0.39, 0.29) is 29.9 Å². The lowest BCUT2D eigenvalue weighted by Gasteiger charge is -2.37. The van der Waals surface area contributed by atoms with E-state index in [4.69, 9.17) is 0 Å². The standard InChI is InChI=1S/C25H35N5O2/c1-28-16-18(21-7-3-4-8-22(21)28)14-26-19-13-23-25(32)27-15-20(30(23)17-19)9-10-24(31)29-11-5-2-6-12-29/h3-4,7-8,16,19-20,23,26H,2,5-6,9-15,17H2,1H3,(H,27,32)/t19-,20-,23-/m1/s1. The van der Waals surface area contributed by atoms with Crippen molar-refractivity contribution >= 4 is 22.7 Å². The SMILES string of the molecule is Cn1cc(CN[C@@H]2C[C@@H]3C(=O)NC[C@@H](CCC(=O)N4CCCCC4)N3C2)c2ccccc21. The molecule has 1 aromatic carbocycles. The van der Waals surface area contributed by atoms with Crippen molar-refractivity contribution in [2.45, 2.75) is 63.2 Å². The molecule has 0 spiro atoms. The molecule has 0 radical (unpaired) electrons.